The first kappa shape index (κ1) is 13.6. The van der Waals surface area contributed by atoms with Crippen molar-refractivity contribution in [2.75, 3.05) is 32.7 Å². The van der Waals surface area contributed by atoms with Gasteiger partial charge in [0.2, 0.25) is 0 Å². The van der Waals surface area contributed by atoms with E-state index in [-0.39, 0.29) is 5.41 Å². The van der Waals surface area contributed by atoms with Crippen molar-refractivity contribution in [2.45, 2.75) is 39.0 Å². The van der Waals surface area contributed by atoms with Gasteiger partial charge in [-0.25, -0.2) is 4.98 Å². The fourth-order valence-corrected chi connectivity index (χ4v) is 2.34. The average molecular weight is 250 g/mol. The van der Waals surface area contributed by atoms with Crippen molar-refractivity contribution >= 4 is 0 Å². The zero-order chi connectivity index (χ0) is 13.2. The van der Waals surface area contributed by atoms with Crippen molar-refractivity contribution in [3.63, 3.8) is 0 Å². The molecule has 4 heteroatoms. The number of piperazine rings is 1. The summed E-state index contributed by atoms with van der Waals surface area (Å²) in [6.07, 6.45) is 1.99. The van der Waals surface area contributed by atoms with E-state index >= 15 is 0 Å². The van der Waals surface area contributed by atoms with Gasteiger partial charge in [-0.05, 0) is 0 Å². The second-order valence-electron chi connectivity index (χ2n) is 6.38. The Hall–Kier alpha value is -0.870. The predicted octanol–water partition coefficient (Wildman–Crippen LogP) is 1.72. The van der Waals surface area contributed by atoms with Crippen LogP contribution >= 0.6 is 0 Å². The standard InChI is InChI=1S/C14H26N4/c1-11(10-18-7-5-15-6-8-18)13-16-9-12(17-13)14(2,3)4/h9,11,15H,5-8,10H2,1-4H3,(H,16,17). The summed E-state index contributed by atoms with van der Waals surface area (Å²) in [5, 5.41) is 3.39. The number of hydrogen-bond donors (Lipinski definition) is 2. The summed E-state index contributed by atoms with van der Waals surface area (Å²) in [4.78, 5) is 10.6. The van der Waals surface area contributed by atoms with E-state index in [1.54, 1.807) is 0 Å². The van der Waals surface area contributed by atoms with Gasteiger partial charge in [0.25, 0.3) is 0 Å². The van der Waals surface area contributed by atoms with Crippen LogP contribution in [0.4, 0.5) is 0 Å². The molecule has 1 atom stereocenters. The predicted molar refractivity (Wildman–Crippen MR) is 75.0 cm³/mol. The fraction of sp³-hybridized carbons (Fsp3) is 0.786. The van der Waals surface area contributed by atoms with Crippen LogP contribution in [0, 0.1) is 0 Å². The molecule has 0 aromatic carbocycles. The van der Waals surface area contributed by atoms with Gasteiger partial charge in [0.05, 0.1) is 0 Å². The summed E-state index contributed by atoms with van der Waals surface area (Å²) in [5.74, 6) is 1.60. The summed E-state index contributed by atoms with van der Waals surface area (Å²) < 4.78 is 0. The number of rotatable bonds is 3. The second kappa shape index (κ2) is 5.41. The normalized spacial score (nSPS) is 20.0. The largest absolute Gasteiger partial charge is 0.345 e. The molecule has 0 radical (unpaired) electrons. The SMILES string of the molecule is CC(CN1CCNCC1)c1ncc(C(C)(C)C)[nH]1. The van der Waals surface area contributed by atoms with Gasteiger partial charge in [0, 0.05) is 55.9 Å². The fourth-order valence-electron chi connectivity index (χ4n) is 2.34. The zero-order valence-electron chi connectivity index (χ0n) is 12.1. The Morgan fingerprint density at radius 3 is 2.56 bits per heavy atom. The molecule has 1 aromatic heterocycles. The monoisotopic (exact) mass is 250 g/mol. The smallest absolute Gasteiger partial charge is 0.110 e. The molecule has 18 heavy (non-hydrogen) atoms. The van der Waals surface area contributed by atoms with Crippen molar-refractivity contribution in [3.05, 3.63) is 17.7 Å². The Balaban J connectivity index is 1.96. The van der Waals surface area contributed by atoms with E-state index < -0.39 is 0 Å². The number of hydrogen-bond acceptors (Lipinski definition) is 3. The van der Waals surface area contributed by atoms with Crippen LogP contribution in [0.15, 0.2) is 6.20 Å². The van der Waals surface area contributed by atoms with E-state index in [0.29, 0.717) is 5.92 Å². The van der Waals surface area contributed by atoms with Crippen LogP contribution in [0.1, 0.15) is 45.1 Å². The molecule has 0 saturated carbocycles. The molecule has 2 N–H and O–H groups in total. The zero-order valence-corrected chi connectivity index (χ0v) is 12.1. The summed E-state index contributed by atoms with van der Waals surface area (Å²) in [5.41, 5.74) is 1.38. The van der Waals surface area contributed by atoms with Crippen LogP contribution in [0.3, 0.4) is 0 Å². The first-order valence-corrected chi connectivity index (χ1v) is 6.95. The lowest BCUT2D eigenvalue weighted by Gasteiger charge is -2.29. The van der Waals surface area contributed by atoms with Crippen LogP contribution < -0.4 is 5.32 Å². The molecule has 102 valence electrons. The number of H-pyrrole nitrogens is 1. The van der Waals surface area contributed by atoms with Gasteiger partial charge in [-0.3, -0.25) is 0 Å². The van der Waals surface area contributed by atoms with E-state index in [0.717, 1.165) is 38.5 Å². The summed E-state index contributed by atoms with van der Waals surface area (Å²) >= 11 is 0. The van der Waals surface area contributed by atoms with Crippen LogP contribution in [-0.2, 0) is 5.41 Å². The molecule has 0 spiro atoms. The van der Waals surface area contributed by atoms with Crippen LogP contribution in [0.5, 0.6) is 0 Å². The highest BCUT2D eigenvalue weighted by atomic mass is 15.2. The van der Waals surface area contributed by atoms with Gasteiger partial charge >= 0.3 is 0 Å². The number of imidazole rings is 1. The lowest BCUT2D eigenvalue weighted by molar-refractivity contribution is 0.228. The first-order chi connectivity index (χ1) is 8.47. The lowest BCUT2D eigenvalue weighted by atomic mass is 9.93. The minimum Gasteiger partial charge on any atom is -0.345 e. The molecule has 0 aliphatic carbocycles. The third-order valence-electron chi connectivity index (χ3n) is 3.61. The van der Waals surface area contributed by atoms with E-state index in [1.165, 1.54) is 5.69 Å². The van der Waals surface area contributed by atoms with Gasteiger partial charge in [0.1, 0.15) is 5.82 Å². The maximum Gasteiger partial charge on any atom is 0.110 e. The summed E-state index contributed by atoms with van der Waals surface area (Å²) in [7, 11) is 0. The molecule has 1 saturated heterocycles. The Kier molecular flexibility index (Phi) is 4.07. The third-order valence-corrected chi connectivity index (χ3v) is 3.61. The van der Waals surface area contributed by atoms with Gasteiger partial charge in [-0.2, -0.15) is 0 Å². The first-order valence-electron chi connectivity index (χ1n) is 6.95. The van der Waals surface area contributed by atoms with Gasteiger partial charge in [-0.1, -0.05) is 27.7 Å². The van der Waals surface area contributed by atoms with Gasteiger partial charge in [-0.15, -0.1) is 0 Å². The Labute approximate surface area is 110 Å². The van der Waals surface area contributed by atoms with Crippen molar-refractivity contribution in [1.82, 2.24) is 20.2 Å². The minimum absolute atomic E-state index is 0.153. The Morgan fingerprint density at radius 1 is 1.33 bits per heavy atom. The molecular formula is C14H26N4. The molecule has 0 bridgehead atoms. The third kappa shape index (κ3) is 3.33. The topological polar surface area (TPSA) is 44.0 Å². The Morgan fingerprint density at radius 2 is 2.00 bits per heavy atom. The number of aromatic nitrogens is 2. The highest BCUT2D eigenvalue weighted by molar-refractivity contribution is 5.13. The maximum atomic E-state index is 4.55. The van der Waals surface area contributed by atoms with Crippen LogP contribution in [0.25, 0.3) is 0 Å². The van der Waals surface area contributed by atoms with E-state index in [9.17, 15) is 0 Å². The molecule has 1 aliphatic rings. The lowest BCUT2D eigenvalue weighted by Crippen LogP contribution is -2.44. The number of nitrogens with zero attached hydrogens (tertiary/aromatic N) is 2. The minimum atomic E-state index is 0.153. The van der Waals surface area contributed by atoms with Gasteiger partial charge < -0.3 is 15.2 Å². The molecule has 1 unspecified atom stereocenters. The number of aromatic amines is 1. The number of nitrogens with one attached hydrogen (secondary N) is 2. The van der Waals surface area contributed by atoms with Crippen molar-refractivity contribution < 1.29 is 0 Å². The Bertz CT molecular complexity index is 371. The highest BCUT2D eigenvalue weighted by Crippen LogP contribution is 2.22. The summed E-state index contributed by atoms with van der Waals surface area (Å²) in [6, 6.07) is 0. The quantitative estimate of drug-likeness (QED) is 0.858. The molecule has 4 nitrogen and oxygen atoms in total. The van der Waals surface area contributed by atoms with E-state index in [2.05, 4.69) is 47.9 Å². The molecule has 2 rings (SSSR count). The van der Waals surface area contributed by atoms with Crippen molar-refractivity contribution in [1.29, 1.82) is 0 Å². The van der Waals surface area contributed by atoms with Crippen molar-refractivity contribution in [2.24, 2.45) is 0 Å². The molecular weight excluding hydrogens is 224 g/mol. The average Bonchev–Trinajstić information content (AvgIpc) is 2.79. The van der Waals surface area contributed by atoms with Crippen LogP contribution in [-0.4, -0.2) is 47.6 Å². The van der Waals surface area contributed by atoms with Crippen molar-refractivity contribution in [3.8, 4) is 0 Å². The highest BCUT2D eigenvalue weighted by Gasteiger charge is 2.20. The molecule has 1 aromatic rings. The molecule has 1 aliphatic heterocycles. The van der Waals surface area contributed by atoms with E-state index in [1.807, 2.05) is 6.20 Å². The van der Waals surface area contributed by atoms with E-state index in [4.69, 9.17) is 0 Å². The molecule has 2 heterocycles. The van der Waals surface area contributed by atoms with Gasteiger partial charge in [0.15, 0.2) is 0 Å². The molecule has 1 fully saturated rings. The maximum absolute atomic E-state index is 4.55. The van der Waals surface area contributed by atoms with Crippen LogP contribution in [0.2, 0.25) is 0 Å². The molecule has 0 amide bonds. The summed E-state index contributed by atoms with van der Waals surface area (Å²) in [6.45, 7) is 14.5. The second-order valence-corrected chi connectivity index (χ2v) is 6.38.